The van der Waals surface area contributed by atoms with Crippen molar-refractivity contribution >= 4 is 44.5 Å². The highest BCUT2D eigenvalue weighted by Gasteiger charge is 2.34. The Morgan fingerprint density at radius 3 is 2.97 bits per heavy atom. The predicted molar refractivity (Wildman–Crippen MR) is 116 cm³/mol. The van der Waals surface area contributed by atoms with Crippen molar-refractivity contribution in [2.75, 3.05) is 12.9 Å². The minimum absolute atomic E-state index is 0.0303. The van der Waals surface area contributed by atoms with Gasteiger partial charge < -0.3 is 9.84 Å². The molecule has 9 heteroatoms. The number of amidine groups is 1. The molecular weight excluding hydrogens is 456 g/mol. The van der Waals surface area contributed by atoms with E-state index < -0.39 is 6.17 Å². The number of carbonyl (C=O) groups is 1. The molecule has 0 aliphatic carbocycles. The average Bonchev–Trinajstić information content (AvgIpc) is 2.72. The van der Waals surface area contributed by atoms with Gasteiger partial charge in [-0.1, -0.05) is 39.8 Å². The van der Waals surface area contributed by atoms with Gasteiger partial charge in [0.2, 0.25) is 0 Å². The summed E-state index contributed by atoms with van der Waals surface area (Å²) in [4.78, 5) is 17.8. The molecule has 148 valence electrons. The van der Waals surface area contributed by atoms with E-state index in [2.05, 4.69) is 32.9 Å². The Hall–Kier alpha value is -2.78. The van der Waals surface area contributed by atoms with Crippen LogP contribution in [0, 0.1) is 0 Å². The molecule has 0 saturated carbocycles. The molecule has 4 rings (SSSR count). The molecule has 29 heavy (non-hydrogen) atoms. The summed E-state index contributed by atoms with van der Waals surface area (Å²) in [6.07, 6.45) is 1.16. The number of benzene rings is 2. The van der Waals surface area contributed by atoms with Gasteiger partial charge in [0.05, 0.1) is 12.5 Å². The van der Waals surface area contributed by atoms with Gasteiger partial charge >= 0.3 is 0 Å². The molecule has 2 heterocycles. The normalized spacial score (nSPS) is 17.5. The van der Waals surface area contributed by atoms with Crippen LogP contribution in [-0.4, -0.2) is 34.1 Å². The lowest BCUT2D eigenvalue weighted by Gasteiger charge is -2.34. The zero-order valence-electron chi connectivity index (χ0n) is 15.4. The zero-order chi connectivity index (χ0) is 20.5. The van der Waals surface area contributed by atoms with Gasteiger partial charge in [0.25, 0.3) is 5.91 Å². The lowest BCUT2D eigenvalue weighted by atomic mass is 10.1. The standard InChI is InChI=1S/C20H17BrN4O3S/c1-3-8-29-20-23-19(27)17-13-10-12(21)5-6-14(13)22-18(25(17)24-20)11-4-7-15(26)16(9-11)28-2/h3-7,9-10,18,26H,1,8H2,2H3,(H,23,24,27). The third-order valence-electron chi connectivity index (χ3n) is 4.41. The van der Waals surface area contributed by atoms with Crippen LogP contribution in [0.25, 0.3) is 5.70 Å². The second-order valence-electron chi connectivity index (χ2n) is 6.25. The second-order valence-corrected chi connectivity index (χ2v) is 8.17. The number of fused-ring (bicyclic) bond motifs is 2. The number of thioether (sulfide) groups is 1. The van der Waals surface area contributed by atoms with Crippen molar-refractivity contribution < 1.29 is 14.6 Å². The Labute approximate surface area is 179 Å². The number of nitrogens with zero attached hydrogens (tertiary/aromatic N) is 3. The molecule has 7 nitrogen and oxygen atoms in total. The van der Waals surface area contributed by atoms with Gasteiger partial charge in [-0.2, -0.15) is 0 Å². The summed E-state index contributed by atoms with van der Waals surface area (Å²) in [5.41, 5.74) is 1.15. The zero-order valence-corrected chi connectivity index (χ0v) is 17.8. The van der Waals surface area contributed by atoms with Crippen molar-refractivity contribution in [2.24, 2.45) is 10.1 Å². The summed E-state index contributed by atoms with van der Waals surface area (Å²) in [7, 11) is 1.48. The summed E-state index contributed by atoms with van der Waals surface area (Å²) in [5.74, 6) is 0.714. The quantitative estimate of drug-likeness (QED) is 0.666. The van der Waals surface area contributed by atoms with E-state index in [1.165, 1.54) is 18.9 Å². The monoisotopic (exact) mass is 472 g/mol. The van der Waals surface area contributed by atoms with E-state index in [0.717, 1.165) is 10.0 Å². The van der Waals surface area contributed by atoms with Crippen molar-refractivity contribution in [3.8, 4) is 11.5 Å². The molecule has 2 aliphatic rings. The van der Waals surface area contributed by atoms with Gasteiger partial charge in [-0.3, -0.25) is 15.1 Å². The maximum absolute atomic E-state index is 13.0. The maximum atomic E-state index is 13.0. The molecule has 0 fully saturated rings. The van der Waals surface area contributed by atoms with E-state index in [4.69, 9.17) is 9.73 Å². The highest BCUT2D eigenvalue weighted by atomic mass is 79.9. The fraction of sp³-hybridized carbons (Fsp3) is 0.150. The number of hydrogen-bond donors (Lipinski definition) is 2. The summed E-state index contributed by atoms with van der Waals surface area (Å²) < 4.78 is 6.08. The minimum atomic E-state index is -0.585. The molecule has 0 aromatic heterocycles. The molecule has 1 unspecified atom stereocenters. The summed E-state index contributed by atoms with van der Waals surface area (Å²) >= 11 is 4.84. The fourth-order valence-electron chi connectivity index (χ4n) is 3.13. The van der Waals surface area contributed by atoms with E-state index in [1.54, 1.807) is 29.3 Å². The van der Waals surface area contributed by atoms with Crippen molar-refractivity contribution in [1.29, 1.82) is 0 Å². The van der Waals surface area contributed by atoms with E-state index in [9.17, 15) is 9.90 Å². The third kappa shape index (κ3) is 3.63. The molecule has 0 saturated heterocycles. The van der Waals surface area contributed by atoms with Crippen molar-refractivity contribution in [1.82, 2.24) is 10.3 Å². The number of halogens is 1. The van der Waals surface area contributed by atoms with Gasteiger partial charge in [0.15, 0.2) is 22.8 Å². The first kappa shape index (κ1) is 19.5. The summed E-state index contributed by atoms with van der Waals surface area (Å²) in [5, 5.41) is 20.9. The van der Waals surface area contributed by atoms with E-state index in [-0.39, 0.29) is 11.7 Å². The number of ether oxygens (including phenoxy) is 1. The number of hydrogen-bond acceptors (Lipinski definition) is 7. The van der Waals surface area contributed by atoms with Crippen LogP contribution in [0.2, 0.25) is 0 Å². The average molecular weight is 473 g/mol. The summed E-state index contributed by atoms with van der Waals surface area (Å²) in [6, 6.07) is 10.6. The molecule has 2 aromatic carbocycles. The van der Waals surface area contributed by atoms with E-state index in [0.29, 0.717) is 32.9 Å². The Morgan fingerprint density at radius 1 is 1.38 bits per heavy atom. The van der Waals surface area contributed by atoms with Gasteiger partial charge in [0.1, 0.15) is 5.70 Å². The first-order valence-electron chi connectivity index (χ1n) is 8.69. The SMILES string of the molecule is C=CCSC1=NN2C(=c3cc(Br)ccc3=NC2c2ccc(O)c(OC)c2)C(=O)N1. The van der Waals surface area contributed by atoms with Crippen LogP contribution in [0.5, 0.6) is 11.5 Å². The third-order valence-corrected chi connectivity index (χ3v) is 5.76. The molecular formula is C20H17BrN4O3S. The smallest absolute Gasteiger partial charge is 0.276 e. The van der Waals surface area contributed by atoms with Gasteiger partial charge in [-0.05, 0) is 30.3 Å². The predicted octanol–water partition coefficient (Wildman–Crippen LogP) is 2.23. The number of amides is 1. The highest BCUT2D eigenvalue weighted by molar-refractivity contribution is 9.10. The maximum Gasteiger partial charge on any atom is 0.276 e. The number of rotatable bonds is 4. The second kappa shape index (κ2) is 7.92. The lowest BCUT2D eigenvalue weighted by molar-refractivity contribution is -0.116. The molecule has 0 radical (unpaired) electrons. The molecule has 0 spiro atoms. The topological polar surface area (TPSA) is 86.5 Å². The molecule has 1 amide bonds. The number of nitrogens with one attached hydrogen (secondary N) is 1. The number of carbonyl (C=O) groups excluding carboxylic acids is 1. The molecule has 2 aromatic rings. The van der Waals surface area contributed by atoms with Crippen LogP contribution in [-0.2, 0) is 4.79 Å². The van der Waals surface area contributed by atoms with Crippen LogP contribution in [0.3, 0.4) is 0 Å². The van der Waals surface area contributed by atoms with Crippen LogP contribution in [0.1, 0.15) is 11.7 Å². The lowest BCUT2D eigenvalue weighted by Crippen LogP contribution is -2.50. The van der Waals surface area contributed by atoms with Crippen molar-refractivity contribution in [3.05, 3.63) is 69.7 Å². The Balaban J connectivity index is 1.93. The Bertz CT molecular complexity index is 1160. The summed E-state index contributed by atoms with van der Waals surface area (Å²) in [6.45, 7) is 3.71. The number of methoxy groups -OCH3 is 1. The van der Waals surface area contributed by atoms with E-state index >= 15 is 0 Å². The van der Waals surface area contributed by atoms with Crippen molar-refractivity contribution in [3.63, 3.8) is 0 Å². The van der Waals surface area contributed by atoms with Gasteiger partial charge in [-0.25, -0.2) is 5.01 Å². The Kier molecular flexibility index (Phi) is 5.33. The van der Waals surface area contributed by atoms with Crippen LogP contribution in [0.15, 0.2) is 63.6 Å². The largest absolute Gasteiger partial charge is 0.504 e. The number of phenols is 1. The molecule has 1 atom stereocenters. The van der Waals surface area contributed by atoms with Crippen LogP contribution in [0.4, 0.5) is 0 Å². The first-order chi connectivity index (χ1) is 14.0. The molecule has 0 bridgehead atoms. The Morgan fingerprint density at radius 2 is 2.21 bits per heavy atom. The molecule has 2 aliphatic heterocycles. The van der Waals surface area contributed by atoms with Crippen LogP contribution >= 0.6 is 27.7 Å². The van der Waals surface area contributed by atoms with Gasteiger partial charge in [0, 0.05) is 21.0 Å². The number of hydrazone groups is 1. The van der Waals surface area contributed by atoms with Crippen LogP contribution < -0.4 is 20.6 Å². The first-order valence-corrected chi connectivity index (χ1v) is 10.5. The number of aromatic hydroxyl groups is 1. The van der Waals surface area contributed by atoms with E-state index in [1.807, 2.05) is 18.2 Å². The highest BCUT2D eigenvalue weighted by Crippen LogP contribution is 2.35. The fourth-order valence-corrected chi connectivity index (χ4v) is 4.07. The van der Waals surface area contributed by atoms with Gasteiger partial charge in [-0.15, -0.1) is 11.7 Å². The van der Waals surface area contributed by atoms with Crippen molar-refractivity contribution in [2.45, 2.75) is 6.17 Å². The minimum Gasteiger partial charge on any atom is -0.504 e. The molecule has 2 N–H and O–H groups in total. The number of phenolic OH excluding ortho intramolecular Hbond substituents is 1.